The summed E-state index contributed by atoms with van der Waals surface area (Å²) in [5.74, 6) is -4.26. The number of esters is 2. The van der Waals surface area contributed by atoms with E-state index >= 15 is 0 Å². The molecule has 1 aliphatic rings. The second kappa shape index (κ2) is 4.61. The van der Waals surface area contributed by atoms with Gasteiger partial charge in [0.05, 0.1) is 5.92 Å². The molecule has 0 spiro atoms. The van der Waals surface area contributed by atoms with Crippen molar-refractivity contribution in [2.24, 2.45) is 5.92 Å². The van der Waals surface area contributed by atoms with Gasteiger partial charge in [0.1, 0.15) is 0 Å². The molecule has 0 radical (unpaired) electrons. The largest absolute Gasteiger partial charge is 0.491 e. The van der Waals surface area contributed by atoms with E-state index in [1.807, 2.05) is 0 Å². The van der Waals surface area contributed by atoms with Crippen LogP contribution in [0.15, 0.2) is 0 Å². The smallest absolute Gasteiger partial charge is 0.386 e. The number of ether oxygens (including phenoxy) is 2. The van der Waals surface area contributed by atoms with E-state index in [0.717, 1.165) is 0 Å². The van der Waals surface area contributed by atoms with Crippen molar-refractivity contribution in [1.29, 1.82) is 0 Å². The molecule has 7 heteroatoms. The second-order valence-electron chi connectivity index (χ2n) is 3.09. The van der Waals surface area contributed by atoms with Crippen LogP contribution in [0.25, 0.3) is 0 Å². The number of rotatable bonds is 1. The van der Waals surface area contributed by atoms with E-state index < -0.39 is 24.0 Å². The van der Waals surface area contributed by atoms with E-state index in [-0.39, 0.29) is 12.8 Å². The van der Waals surface area contributed by atoms with E-state index in [1.54, 1.807) is 0 Å². The zero-order valence-corrected chi connectivity index (χ0v) is 7.67. The number of alkyl halides is 3. The normalized spacial score (nSPS) is 18.6. The van der Waals surface area contributed by atoms with Crippen molar-refractivity contribution in [3.05, 3.63) is 0 Å². The van der Waals surface area contributed by atoms with Gasteiger partial charge in [0.15, 0.2) is 0 Å². The summed E-state index contributed by atoms with van der Waals surface area (Å²) >= 11 is 0. The Bertz CT molecular complexity index is 255. The summed E-state index contributed by atoms with van der Waals surface area (Å²) < 4.78 is 43.8. The molecule has 15 heavy (non-hydrogen) atoms. The molecule has 0 aromatic rings. The molecule has 0 saturated carbocycles. The van der Waals surface area contributed by atoms with Crippen LogP contribution in [0, 0.1) is 5.92 Å². The highest BCUT2D eigenvalue weighted by Gasteiger charge is 2.43. The summed E-state index contributed by atoms with van der Waals surface area (Å²) in [5.41, 5.74) is 0. The quantitative estimate of drug-likeness (QED) is 0.495. The maximum absolute atomic E-state index is 11.7. The Hall–Kier alpha value is -1.11. The monoisotopic (exact) mass is 226 g/mol. The SMILES string of the molecule is O=C(OC(=O)C(F)(F)F)C1CCOCC1. The van der Waals surface area contributed by atoms with Gasteiger partial charge in [0, 0.05) is 13.2 Å². The molecule has 0 atom stereocenters. The average Bonchev–Trinajstić information content (AvgIpc) is 2.17. The van der Waals surface area contributed by atoms with Gasteiger partial charge in [-0.25, -0.2) is 4.79 Å². The fraction of sp³-hybridized carbons (Fsp3) is 0.750. The molecule has 1 rings (SSSR count). The first-order chi connectivity index (χ1) is 6.91. The van der Waals surface area contributed by atoms with Crippen LogP contribution in [-0.4, -0.2) is 31.3 Å². The van der Waals surface area contributed by atoms with Crippen LogP contribution >= 0.6 is 0 Å². The molecule has 0 amide bonds. The summed E-state index contributed by atoms with van der Waals surface area (Å²) in [6, 6.07) is 0. The van der Waals surface area contributed by atoms with E-state index in [1.165, 1.54) is 0 Å². The highest BCUT2D eigenvalue weighted by molar-refractivity contribution is 5.89. The van der Waals surface area contributed by atoms with Gasteiger partial charge < -0.3 is 9.47 Å². The van der Waals surface area contributed by atoms with Gasteiger partial charge in [-0.2, -0.15) is 13.2 Å². The molecule has 4 nitrogen and oxygen atoms in total. The van der Waals surface area contributed by atoms with E-state index in [0.29, 0.717) is 13.2 Å². The number of hydrogen-bond donors (Lipinski definition) is 0. The van der Waals surface area contributed by atoms with Crippen molar-refractivity contribution in [3.63, 3.8) is 0 Å². The minimum Gasteiger partial charge on any atom is -0.386 e. The van der Waals surface area contributed by atoms with Gasteiger partial charge in [0.25, 0.3) is 0 Å². The average molecular weight is 226 g/mol. The minimum absolute atomic E-state index is 0.282. The molecule has 0 aliphatic carbocycles. The summed E-state index contributed by atoms with van der Waals surface area (Å²) in [6.45, 7) is 0.583. The van der Waals surface area contributed by atoms with Crippen molar-refractivity contribution >= 4 is 11.9 Å². The zero-order valence-electron chi connectivity index (χ0n) is 7.67. The first kappa shape index (κ1) is 12.0. The summed E-state index contributed by atoms with van der Waals surface area (Å²) in [7, 11) is 0. The van der Waals surface area contributed by atoms with E-state index in [2.05, 4.69) is 4.74 Å². The molecule has 0 unspecified atom stereocenters. The highest BCUT2D eigenvalue weighted by Crippen LogP contribution is 2.20. The van der Waals surface area contributed by atoms with Crippen molar-refractivity contribution < 1.29 is 32.2 Å². The number of halogens is 3. The third-order valence-corrected chi connectivity index (χ3v) is 1.98. The molecule has 1 fully saturated rings. The Morgan fingerprint density at radius 1 is 1.20 bits per heavy atom. The van der Waals surface area contributed by atoms with E-state index in [9.17, 15) is 22.8 Å². The number of carbonyl (C=O) groups is 2. The minimum atomic E-state index is -5.12. The van der Waals surface area contributed by atoms with Crippen molar-refractivity contribution in [1.82, 2.24) is 0 Å². The van der Waals surface area contributed by atoms with Crippen molar-refractivity contribution in [2.45, 2.75) is 19.0 Å². The molecule has 0 N–H and O–H groups in total. The Kier molecular flexibility index (Phi) is 3.67. The molecule has 86 valence electrons. The fourth-order valence-corrected chi connectivity index (χ4v) is 1.17. The number of carbonyl (C=O) groups excluding carboxylic acids is 2. The molecule has 1 saturated heterocycles. The predicted octanol–water partition coefficient (Wildman–Crippen LogP) is 1.05. The van der Waals surface area contributed by atoms with Crippen LogP contribution in [0.1, 0.15) is 12.8 Å². The maximum atomic E-state index is 11.7. The molecule has 1 heterocycles. The van der Waals surface area contributed by atoms with Crippen molar-refractivity contribution in [3.8, 4) is 0 Å². The van der Waals surface area contributed by atoms with E-state index in [4.69, 9.17) is 4.74 Å². The van der Waals surface area contributed by atoms with Crippen LogP contribution in [0.2, 0.25) is 0 Å². The molecule has 0 aromatic heterocycles. The third kappa shape index (κ3) is 3.50. The lowest BCUT2D eigenvalue weighted by Crippen LogP contribution is -2.33. The van der Waals surface area contributed by atoms with Gasteiger partial charge in [-0.05, 0) is 12.8 Å². The molecule has 0 bridgehead atoms. The standard InChI is InChI=1S/C8H9F3O4/c9-8(10,11)7(13)15-6(12)5-1-3-14-4-2-5/h5H,1-4H2. The maximum Gasteiger partial charge on any atom is 0.491 e. The lowest BCUT2D eigenvalue weighted by atomic mass is 10.0. The zero-order chi connectivity index (χ0) is 11.5. The Balaban J connectivity index is 2.44. The van der Waals surface area contributed by atoms with Gasteiger partial charge in [-0.3, -0.25) is 4.79 Å². The third-order valence-electron chi connectivity index (χ3n) is 1.98. The summed E-state index contributed by atoms with van der Waals surface area (Å²) in [6.07, 6.45) is -4.56. The van der Waals surface area contributed by atoms with Gasteiger partial charge in [0.2, 0.25) is 0 Å². The van der Waals surface area contributed by atoms with Crippen LogP contribution in [-0.2, 0) is 19.1 Å². The molecule has 0 aromatic carbocycles. The molecular formula is C8H9F3O4. The van der Waals surface area contributed by atoms with Gasteiger partial charge >= 0.3 is 18.1 Å². The Morgan fingerprint density at radius 2 is 1.73 bits per heavy atom. The highest BCUT2D eigenvalue weighted by atomic mass is 19.4. The summed E-state index contributed by atoms with van der Waals surface area (Å²) in [5, 5.41) is 0. The lowest BCUT2D eigenvalue weighted by Gasteiger charge is -2.19. The predicted molar refractivity (Wildman–Crippen MR) is 40.7 cm³/mol. The van der Waals surface area contributed by atoms with Crippen LogP contribution in [0.4, 0.5) is 13.2 Å². The van der Waals surface area contributed by atoms with Crippen molar-refractivity contribution in [2.75, 3.05) is 13.2 Å². The van der Waals surface area contributed by atoms with Crippen LogP contribution in [0.3, 0.4) is 0 Å². The van der Waals surface area contributed by atoms with Crippen LogP contribution in [0.5, 0.6) is 0 Å². The summed E-state index contributed by atoms with van der Waals surface area (Å²) in [4.78, 5) is 21.4. The first-order valence-electron chi connectivity index (χ1n) is 4.32. The second-order valence-corrected chi connectivity index (χ2v) is 3.09. The lowest BCUT2D eigenvalue weighted by molar-refractivity contribution is -0.203. The Morgan fingerprint density at radius 3 is 2.20 bits per heavy atom. The Labute approximate surface area is 83.3 Å². The molecule has 1 aliphatic heterocycles. The number of hydrogen-bond acceptors (Lipinski definition) is 4. The molecular weight excluding hydrogens is 217 g/mol. The van der Waals surface area contributed by atoms with Gasteiger partial charge in [-0.1, -0.05) is 0 Å². The van der Waals surface area contributed by atoms with Gasteiger partial charge in [-0.15, -0.1) is 0 Å². The topological polar surface area (TPSA) is 52.6 Å². The first-order valence-corrected chi connectivity index (χ1v) is 4.32. The van der Waals surface area contributed by atoms with Crippen LogP contribution < -0.4 is 0 Å². The fourth-order valence-electron chi connectivity index (χ4n) is 1.17.